The second-order valence-corrected chi connectivity index (χ2v) is 6.26. The fourth-order valence-electron chi connectivity index (χ4n) is 2.80. The lowest BCUT2D eigenvalue weighted by molar-refractivity contribution is -0.122. The molecule has 2 unspecified atom stereocenters. The first-order valence-electron chi connectivity index (χ1n) is 6.23. The summed E-state index contributed by atoms with van der Waals surface area (Å²) in [7, 11) is 0. The number of hydrogen-bond acceptors (Lipinski definition) is 3. The Labute approximate surface area is 106 Å². The molecule has 2 aliphatic heterocycles. The minimum atomic E-state index is 0.303. The second-order valence-electron chi connectivity index (χ2n) is 4.91. The largest absolute Gasteiger partial charge is 0.299 e. The first-order chi connectivity index (χ1) is 8.33. The topological polar surface area (TPSA) is 20.3 Å². The maximum atomic E-state index is 11.8. The lowest BCUT2D eigenvalue weighted by Crippen LogP contribution is -2.29. The van der Waals surface area contributed by atoms with Crippen LogP contribution in [-0.4, -0.2) is 34.8 Å². The number of rotatable bonds is 2. The van der Waals surface area contributed by atoms with Crippen molar-refractivity contribution >= 4 is 17.5 Å². The van der Waals surface area contributed by atoms with Gasteiger partial charge in [-0.05, 0) is 5.56 Å². The molecular formula is C14H17NOS. The first kappa shape index (κ1) is 11.3. The molecule has 0 saturated carbocycles. The molecule has 3 heteroatoms. The van der Waals surface area contributed by atoms with Gasteiger partial charge >= 0.3 is 0 Å². The predicted octanol–water partition coefficient (Wildman–Crippen LogP) is 2.19. The van der Waals surface area contributed by atoms with Gasteiger partial charge < -0.3 is 0 Å². The molecule has 0 amide bonds. The summed E-state index contributed by atoms with van der Waals surface area (Å²) in [5.74, 6) is 1.82. The SMILES string of the molecule is O=C1CCSC2CN(Cc3ccccc3)CC12. The molecule has 0 aromatic heterocycles. The Morgan fingerprint density at radius 1 is 1.24 bits per heavy atom. The summed E-state index contributed by atoms with van der Waals surface area (Å²) >= 11 is 1.99. The fourth-order valence-corrected chi connectivity index (χ4v) is 4.21. The third-order valence-electron chi connectivity index (χ3n) is 3.68. The van der Waals surface area contributed by atoms with Gasteiger partial charge in [-0.25, -0.2) is 0 Å². The van der Waals surface area contributed by atoms with E-state index in [2.05, 4.69) is 29.2 Å². The maximum absolute atomic E-state index is 11.8. The molecule has 0 bridgehead atoms. The average molecular weight is 247 g/mol. The van der Waals surface area contributed by atoms with E-state index < -0.39 is 0 Å². The Balaban J connectivity index is 1.66. The van der Waals surface area contributed by atoms with Crippen LogP contribution in [0.15, 0.2) is 30.3 Å². The molecule has 0 radical (unpaired) electrons. The third kappa shape index (κ3) is 2.40. The smallest absolute Gasteiger partial charge is 0.139 e. The Hall–Kier alpha value is -0.800. The van der Waals surface area contributed by atoms with Crippen molar-refractivity contribution in [2.24, 2.45) is 5.92 Å². The number of ketones is 1. The zero-order valence-corrected chi connectivity index (χ0v) is 10.7. The minimum Gasteiger partial charge on any atom is -0.299 e. The van der Waals surface area contributed by atoms with Crippen LogP contribution in [0.25, 0.3) is 0 Å². The molecule has 2 saturated heterocycles. The third-order valence-corrected chi connectivity index (χ3v) is 5.03. The van der Waals surface area contributed by atoms with Gasteiger partial charge in [0.25, 0.3) is 0 Å². The molecule has 90 valence electrons. The van der Waals surface area contributed by atoms with Crippen molar-refractivity contribution in [3.05, 3.63) is 35.9 Å². The van der Waals surface area contributed by atoms with Gasteiger partial charge in [0.2, 0.25) is 0 Å². The van der Waals surface area contributed by atoms with Gasteiger partial charge in [0.15, 0.2) is 0 Å². The Morgan fingerprint density at radius 2 is 2.06 bits per heavy atom. The summed E-state index contributed by atoms with van der Waals surface area (Å²) in [4.78, 5) is 14.3. The van der Waals surface area contributed by atoms with Crippen molar-refractivity contribution in [1.82, 2.24) is 4.90 Å². The summed E-state index contributed by atoms with van der Waals surface area (Å²) < 4.78 is 0. The quantitative estimate of drug-likeness (QED) is 0.799. The van der Waals surface area contributed by atoms with Gasteiger partial charge in [0, 0.05) is 43.0 Å². The first-order valence-corrected chi connectivity index (χ1v) is 7.28. The van der Waals surface area contributed by atoms with Crippen LogP contribution in [0.3, 0.4) is 0 Å². The van der Waals surface area contributed by atoms with E-state index in [1.165, 1.54) is 5.56 Å². The highest BCUT2D eigenvalue weighted by atomic mass is 32.2. The lowest BCUT2D eigenvalue weighted by Gasteiger charge is -2.21. The van der Waals surface area contributed by atoms with E-state index in [0.717, 1.165) is 31.8 Å². The number of fused-ring (bicyclic) bond motifs is 1. The number of Topliss-reactive ketones (excluding diaryl/α,β-unsaturated/α-hetero) is 1. The van der Waals surface area contributed by atoms with E-state index in [9.17, 15) is 4.79 Å². The van der Waals surface area contributed by atoms with Crippen molar-refractivity contribution in [1.29, 1.82) is 0 Å². The van der Waals surface area contributed by atoms with E-state index in [4.69, 9.17) is 0 Å². The zero-order valence-electron chi connectivity index (χ0n) is 9.84. The van der Waals surface area contributed by atoms with E-state index in [-0.39, 0.29) is 0 Å². The van der Waals surface area contributed by atoms with E-state index in [1.807, 2.05) is 17.8 Å². The Bertz CT molecular complexity index is 406. The molecule has 0 N–H and O–H groups in total. The lowest BCUT2D eigenvalue weighted by atomic mass is 10.0. The van der Waals surface area contributed by atoms with Crippen LogP contribution in [0.4, 0.5) is 0 Å². The van der Waals surface area contributed by atoms with Crippen LogP contribution in [-0.2, 0) is 11.3 Å². The van der Waals surface area contributed by atoms with Crippen LogP contribution < -0.4 is 0 Å². The number of nitrogens with zero attached hydrogens (tertiary/aromatic N) is 1. The van der Waals surface area contributed by atoms with Crippen LogP contribution >= 0.6 is 11.8 Å². The number of hydrogen-bond donors (Lipinski definition) is 0. The summed E-state index contributed by atoms with van der Waals surface area (Å²) in [6.45, 7) is 3.03. The van der Waals surface area contributed by atoms with Crippen molar-refractivity contribution < 1.29 is 4.79 Å². The molecule has 2 fully saturated rings. The second kappa shape index (κ2) is 4.83. The summed E-state index contributed by atoms with van der Waals surface area (Å²) in [5, 5.41) is 0.556. The van der Waals surface area contributed by atoms with Gasteiger partial charge in [-0.3, -0.25) is 9.69 Å². The van der Waals surface area contributed by atoms with Crippen LogP contribution in [0, 0.1) is 5.92 Å². The van der Waals surface area contributed by atoms with Gasteiger partial charge in [0.05, 0.1) is 0 Å². The average Bonchev–Trinajstić information content (AvgIpc) is 2.74. The van der Waals surface area contributed by atoms with Crippen LogP contribution in [0.1, 0.15) is 12.0 Å². The molecule has 1 aromatic carbocycles. The van der Waals surface area contributed by atoms with Gasteiger partial charge in [-0.1, -0.05) is 30.3 Å². The highest BCUT2D eigenvalue weighted by molar-refractivity contribution is 8.00. The molecule has 2 nitrogen and oxygen atoms in total. The van der Waals surface area contributed by atoms with Crippen molar-refractivity contribution in [3.8, 4) is 0 Å². The monoisotopic (exact) mass is 247 g/mol. The van der Waals surface area contributed by atoms with Gasteiger partial charge in [0.1, 0.15) is 5.78 Å². The fraction of sp³-hybridized carbons (Fsp3) is 0.500. The molecule has 0 aliphatic carbocycles. The van der Waals surface area contributed by atoms with E-state index in [0.29, 0.717) is 17.0 Å². The van der Waals surface area contributed by atoms with Crippen LogP contribution in [0.2, 0.25) is 0 Å². The highest BCUT2D eigenvalue weighted by Crippen LogP contribution is 2.34. The molecular weight excluding hydrogens is 230 g/mol. The maximum Gasteiger partial charge on any atom is 0.139 e. The summed E-state index contributed by atoms with van der Waals surface area (Å²) in [6, 6.07) is 10.5. The molecule has 1 aromatic rings. The number of thioether (sulfide) groups is 1. The zero-order chi connectivity index (χ0) is 11.7. The van der Waals surface area contributed by atoms with Crippen molar-refractivity contribution in [2.75, 3.05) is 18.8 Å². The van der Waals surface area contributed by atoms with Gasteiger partial charge in [-0.2, -0.15) is 11.8 Å². The number of carbonyl (C=O) groups excluding carboxylic acids is 1. The minimum absolute atomic E-state index is 0.303. The van der Waals surface area contributed by atoms with E-state index >= 15 is 0 Å². The molecule has 17 heavy (non-hydrogen) atoms. The Morgan fingerprint density at radius 3 is 2.82 bits per heavy atom. The number of benzene rings is 1. The highest BCUT2D eigenvalue weighted by Gasteiger charge is 2.39. The summed E-state index contributed by atoms with van der Waals surface area (Å²) in [6.07, 6.45) is 0.783. The number of carbonyl (C=O) groups is 1. The standard InChI is InChI=1S/C14H17NOS/c16-13-6-7-17-14-10-15(9-12(13)14)8-11-4-2-1-3-5-11/h1-5,12,14H,6-10H2. The number of likely N-dealkylation sites (tertiary alicyclic amines) is 1. The normalized spacial score (nSPS) is 29.3. The predicted molar refractivity (Wildman–Crippen MR) is 71.1 cm³/mol. The van der Waals surface area contributed by atoms with E-state index in [1.54, 1.807) is 0 Å². The molecule has 3 rings (SSSR count). The van der Waals surface area contributed by atoms with Crippen LogP contribution in [0.5, 0.6) is 0 Å². The molecule has 2 heterocycles. The molecule has 2 atom stereocenters. The molecule has 0 spiro atoms. The Kier molecular flexibility index (Phi) is 3.21. The molecule has 2 aliphatic rings. The van der Waals surface area contributed by atoms with Crippen molar-refractivity contribution in [3.63, 3.8) is 0 Å². The summed E-state index contributed by atoms with van der Waals surface area (Å²) in [5.41, 5.74) is 1.35. The van der Waals surface area contributed by atoms with Gasteiger partial charge in [-0.15, -0.1) is 0 Å². The van der Waals surface area contributed by atoms with Crippen molar-refractivity contribution in [2.45, 2.75) is 18.2 Å².